The van der Waals surface area contributed by atoms with Crippen LogP contribution in [-0.2, 0) is 21.4 Å². The Morgan fingerprint density at radius 3 is 2.13 bits per heavy atom. The van der Waals surface area contributed by atoms with E-state index < -0.39 is 10.0 Å². The number of hydrogen-bond acceptors (Lipinski definition) is 6. The van der Waals surface area contributed by atoms with Crippen LogP contribution in [0, 0.1) is 13.8 Å². The van der Waals surface area contributed by atoms with Crippen LogP contribution in [-0.4, -0.2) is 54.3 Å². The predicted molar refractivity (Wildman–Crippen MR) is 112 cm³/mol. The molecule has 0 saturated carbocycles. The van der Waals surface area contributed by atoms with Gasteiger partial charge in [-0.1, -0.05) is 52.7 Å². The minimum atomic E-state index is -3.76. The molecule has 0 aliphatic rings. The zero-order valence-electron chi connectivity index (χ0n) is 17.4. The molecule has 0 saturated heterocycles. The van der Waals surface area contributed by atoms with Gasteiger partial charge < -0.3 is 9.42 Å². The maximum absolute atomic E-state index is 12.7. The summed E-state index contributed by atoms with van der Waals surface area (Å²) in [6.45, 7) is 3.64. The number of benzene rings is 2. The molecule has 1 amide bonds. The average Bonchev–Trinajstić information content (AvgIpc) is 3.17. The number of carbonyl (C=O) groups excluding carboxylic acids is 1. The second kappa shape index (κ2) is 8.76. The molecule has 0 N–H and O–H groups in total. The topological polar surface area (TPSA) is 96.6 Å². The number of likely N-dealkylation sites (N-methyl/N-ethyl adjacent to an activating group) is 2. The van der Waals surface area contributed by atoms with E-state index >= 15 is 0 Å². The molecule has 2 aromatic carbocycles. The summed E-state index contributed by atoms with van der Waals surface area (Å²) < 4.78 is 31.6. The quantitative estimate of drug-likeness (QED) is 0.574. The van der Waals surface area contributed by atoms with Gasteiger partial charge in [0.25, 0.3) is 0 Å². The van der Waals surface area contributed by atoms with Gasteiger partial charge in [-0.25, -0.2) is 8.42 Å². The molecule has 0 aliphatic carbocycles. The summed E-state index contributed by atoms with van der Waals surface area (Å²) in [4.78, 5) is 18.3. The van der Waals surface area contributed by atoms with E-state index in [9.17, 15) is 13.2 Å². The molecule has 0 atom stereocenters. The highest BCUT2D eigenvalue weighted by Crippen LogP contribution is 2.18. The maximum Gasteiger partial charge on any atom is 0.246 e. The normalized spacial score (nSPS) is 11.6. The fraction of sp³-hybridized carbons (Fsp3) is 0.286. The summed E-state index contributed by atoms with van der Waals surface area (Å²) in [6.07, 6.45) is 0. The molecule has 1 heterocycles. The van der Waals surface area contributed by atoms with Crippen molar-refractivity contribution in [3.05, 3.63) is 65.5 Å². The molecule has 0 spiro atoms. The fourth-order valence-electron chi connectivity index (χ4n) is 2.72. The van der Waals surface area contributed by atoms with Crippen molar-refractivity contribution in [2.75, 3.05) is 20.6 Å². The Labute approximate surface area is 176 Å². The summed E-state index contributed by atoms with van der Waals surface area (Å²) in [5.74, 6) is 0.318. The van der Waals surface area contributed by atoms with E-state index in [4.69, 9.17) is 4.52 Å². The SMILES string of the molecule is Cc1ccc(-c2noc(CN(C)C(=O)CN(C)S(=O)(=O)c3ccc(C)cc3)n2)cc1. The lowest BCUT2D eigenvalue weighted by Gasteiger charge is -2.20. The van der Waals surface area contributed by atoms with Gasteiger partial charge >= 0.3 is 0 Å². The van der Waals surface area contributed by atoms with Gasteiger partial charge in [0, 0.05) is 19.7 Å². The minimum Gasteiger partial charge on any atom is -0.337 e. The molecule has 8 nitrogen and oxygen atoms in total. The third-order valence-corrected chi connectivity index (χ3v) is 6.48. The second-order valence-corrected chi connectivity index (χ2v) is 9.25. The number of aromatic nitrogens is 2. The number of rotatable bonds is 7. The van der Waals surface area contributed by atoms with E-state index in [1.807, 2.05) is 38.1 Å². The van der Waals surface area contributed by atoms with E-state index in [1.54, 1.807) is 19.2 Å². The van der Waals surface area contributed by atoms with E-state index in [0.29, 0.717) is 5.82 Å². The van der Waals surface area contributed by atoms with Crippen molar-refractivity contribution >= 4 is 15.9 Å². The molecule has 158 valence electrons. The number of sulfonamides is 1. The minimum absolute atomic E-state index is 0.0795. The van der Waals surface area contributed by atoms with Crippen molar-refractivity contribution in [2.24, 2.45) is 0 Å². The van der Waals surface area contributed by atoms with Crippen LogP contribution < -0.4 is 0 Å². The highest BCUT2D eigenvalue weighted by atomic mass is 32.2. The highest BCUT2D eigenvalue weighted by Gasteiger charge is 2.25. The van der Waals surface area contributed by atoms with E-state index in [-0.39, 0.29) is 29.8 Å². The van der Waals surface area contributed by atoms with Crippen molar-refractivity contribution in [1.29, 1.82) is 0 Å². The zero-order chi connectivity index (χ0) is 21.9. The number of amides is 1. The second-order valence-electron chi connectivity index (χ2n) is 7.20. The average molecular weight is 429 g/mol. The molecular weight excluding hydrogens is 404 g/mol. The van der Waals surface area contributed by atoms with Crippen LogP contribution in [0.5, 0.6) is 0 Å². The van der Waals surface area contributed by atoms with E-state index in [0.717, 1.165) is 21.0 Å². The van der Waals surface area contributed by atoms with Gasteiger partial charge in [-0.2, -0.15) is 9.29 Å². The van der Waals surface area contributed by atoms with Gasteiger partial charge in [-0.15, -0.1) is 0 Å². The summed E-state index contributed by atoms with van der Waals surface area (Å²) >= 11 is 0. The third kappa shape index (κ3) is 4.92. The smallest absolute Gasteiger partial charge is 0.246 e. The lowest BCUT2D eigenvalue weighted by molar-refractivity contribution is -0.130. The Morgan fingerprint density at radius 2 is 1.53 bits per heavy atom. The number of nitrogens with zero attached hydrogens (tertiary/aromatic N) is 4. The molecule has 0 aliphatic heterocycles. The number of aryl methyl sites for hydroxylation is 2. The van der Waals surface area contributed by atoms with Crippen LogP contribution in [0.25, 0.3) is 11.4 Å². The molecule has 0 unspecified atom stereocenters. The zero-order valence-corrected chi connectivity index (χ0v) is 18.2. The van der Waals surface area contributed by atoms with Crippen LogP contribution in [0.3, 0.4) is 0 Å². The lowest BCUT2D eigenvalue weighted by Crippen LogP contribution is -2.39. The molecule has 0 radical (unpaired) electrons. The van der Waals surface area contributed by atoms with Gasteiger partial charge in [-0.3, -0.25) is 4.79 Å². The molecule has 0 bridgehead atoms. The molecule has 3 rings (SSSR count). The van der Waals surface area contributed by atoms with Gasteiger partial charge in [0.15, 0.2) is 0 Å². The Kier molecular flexibility index (Phi) is 6.33. The lowest BCUT2D eigenvalue weighted by atomic mass is 10.1. The highest BCUT2D eigenvalue weighted by molar-refractivity contribution is 7.89. The van der Waals surface area contributed by atoms with Crippen molar-refractivity contribution in [3.63, 3.8) is 0 Å². The summed E-state index contributed by atoms with van der Waals surface area (Å²) in [7, 11) is -0.820. The molecular formula is C21H24N4O4S. The van der Waals surface area contributed by atoms with Crippen LogP contribution in [0.2, 0.25) is 0 Å². The first kappa shape index (κ1) is 21.7. The van der Waals surface area contributed by atoms with Crippen LogP contribution in [0.4, 0.5) is 0 Å². The van der Waals surface area contributed by atoms with Crippen molar-refractivity contribution < 1.29 is 17.7 Å². The molecule has 3 aromatic rings. The predicted octanol–water partition coefficient (Wildman–Crippen LogP) is 2.63. The Morgan fingerprint density at radius 1 is 0.967 bits per heavy atom. The van der Waals surface area contributed by atoms with Crippen molar-refractivity contribution in [3.8, 4) is 11.4 Å². The van der Waals surface area contributed by atoms with Crippen LogP contribution in [0.1, 0.15) is 17.0 Å². The fourth-order valence-corrected chi connectivity index (χ4v) is 3.84. The number of hydrogen-bond donors (Lipinski definition) is 0. The molecule has 0 fully saturated rings. The monoisotopic (exact) mass is 428 g/mol. The first-order valence-corrected chi connectivity index (χ1v) is 10.8. The summed E-state index contributed by atoms with van der Waals surface area (Å²) in [5, 5.41) is 3.95. The van der Waals surface area contributed by atoms with E-state index in [2.05, 4.69) is 10.1 Å². The third-order valence-electron chi connectivity index (χ3n) is 4.66. The summed E-state index contributed by atoms with van der Waals surface area (Å²) in [5.41, 5.74) is 2.89. The van der Waals surface area contributed by atoms with Crippen molar-refractivity contribution in [1.82, 2.24) is 19.3 Å². The van der Waals surface area contributed by atoms with Gasteiger partial charge in [0.1, 0.15) is 0 Å². The molecule has 30 heavy (non-hydrogen) atoms. The van der Waals surface area contributed by atoms with Gasteiger partial charge in [-0.05, 0) is 26.0 Å². The first-order chi connectivity index (χ1) is 14.2. The van der Waals surface area contributed by atoms with E-state index in [1.165, 1.54) is 24.1 Å². The van der Waals surface area contributed by atoms with Crippen LogP contribution >= 0.6 is 0 Å². The molecule has 1 aromatic heterocycles. The van der Waals surface area contributed by atoms with Crippen molar-refractivity contribution in [2.45, 2.75) is 25.3 Å². The largest absolute Gasteiger partial charge is 0.337 e. The Hall–Kier alpha value is -3.04. The first-order valence-electron chi connectivity index (χ1n) is 9.33. The maximum atomic E-state index is 12.7. The van der Waals surface area contributed by atoms with Gasteiger partial charge in [0.05, 0.1) is 18.0 Å². The Balaban J connectivity index is 1.63. The Bertz CT molecular complexity index is 1120. The van der Waals surface area contributed by atoms with Crippen LogP contribution in [0.15, 0.2) is 57.9 Å². The van der Waals surface area contributed by atoms with Gasteiger partial charge in [0.2, 0.25) is 27.6 Å². The summed E-state index contributed by atoms with van der Waals surface area (Å²) in [6, 6.07) is 14.2. The molecule has 9 heteroatoms. The number of carbonyl (C=O) groups is 1. The standard InChI is InChI=1S/C21H24N4O4S/c1-15-5-9-17(10-6-15)21-22-19(29-23-21)13-24(3)20(26)14-25(4)30(27,28)18-11-7-16(2)8-12-18/h5-12H,13-14H2,1-4H3.